The van der Waals surface area contributed by atoms with Crippen LogP contribution in [0.5, 0.6) is 0 Å². The van der Waals surface area contributed by atoms with E-state index in [0.29, 0.717) is 24.6 Å². The molecule has 4 nitrogen and oxygen atoms in total. The number of nitrogens with zero attached hydrogens (tertiary/aromatic N) is 2. The zero-order valence-electron chi connectivity index (χ0n) is 8.08. The molecule has 72 valence electrons. The first kappa shape index (κ1) is 9.77. The Morgan fingerprint density at radius 1 is 1.62 bits per heavy atom. The molecule has 0 radical (unpaired) electrons. The number of carbonyl (C=O) groups is 1. The van der Waals surface area contributed by atoms with E-state index >= 15 is 0 Å². The summed E-state index contributed by atoms with van der Waals surface area (Å²) >= 11 is 0. The lowest BCUT2D eigenvalue weighted by Gasteiger charge is -2.04. The lowest BCUT2D eigenvalue weighted by molar-refractivity contribution is 0.0973. The highest BCUT2D eigenvalue weighted by Gasteiger charge is 2.12. The van der Waals surface area contributed by atoms with E-state index in [4.69, 9.17) is 5.73 Å². The van der Waals surface area contributed by atoms with Gasteiger partial charge in [0.05, 0.1) is 6.20 Å². The van der Waals surface area contributed by atoms with Gasteiger partial charge in [-0.05, 0) is 13.3 Å². The second-order valence-corrected chi connectivity index (χ2v) is 2.92. The van der Waals surface area contributed by atoms with Crippen molar-refractivity contribution in [1.82, 2.24) is 9.55 Å². The third-order valence-corrected chi connectivity index (χ3v) is 1.97. The fourth-order valence-corrected chi connectivity index (χ4v) is 1.30. The quantitative estimate of drug-likeness (QED) is 0.715. The van der Waals surface area contributed by atoms with Crippen molar-refractivity contribution < 1.29 is 4.79 Å². The van der Waals surface area contributed by atoms with E-state index in [-0.39, 0.29) is 5.78 Å². The van der Waals surface area contributed by atoms with E-state index in [1.54, 1.807) is 10.8 Å². The predicted molar refractivity (Wildman–Crippen MR) is 51.6 cm³/mol. The maximum Gasteiger partial charge on any atom is 0.200 e. The van der Waals surface area contributed by atoms with E-state index in [1.807, 2.05) is 13.8 Å². The van der Waals surface area contributed by atoms with Gasteiger partial charge in [0.2, 0.25) is 5.95 Å². The number of hydrogen-bond acceptors (Lipinski definition) is 3. The van der Waals surface area contributed by atoms with Crippen molar-refractivity contribution in [2.24, 2.45) is 0 Å². The van der Waals surface area contributed by atoms with Crippen LogP contribution in [0.15, 0.2) is 6.20 Å². The summed E-state index contributed by atoms with van der Waals surface area (Å²) in [4.78, 5) is 15.4. The van der Waals surface area contributed by atoms with Gasteiger partial charge in [-0.3, -0.25) is 4.79 Å². The highest BCUT2D eigenvalue weighted by Crippen LogP contribution is 2.10. The van der Waals surface area contributed by atoms with Gasteiger partial charge in [-0.2, -0.15) is 0 Å². The first-order chi connectivity index (χ1) is 6.20. The summed E-state index contributed by atoms with van der Waals surface area (Å²) in [5.74, 6) is 0.538. The Labute approximate surface area is 77.8 Å². The first-order valence-corrected chi connectivity index (χ1v) is 4.54. The number of nitrogen functional groups attached to an aromatic ring is 1. The highest BCUT2D eigenvalue weighted by molar-refractivity contribution is 5.94. The number of rotatable bonds is 4. The largest absolute Gasteiger partial charge is 0.369 e. The van der Waals surface area contributed by atoms with E-state index in [0.717, 1.165) is 6.42 Å². The van der Waals surface area contributed by atoms with Crippen molar-refractivity contribution in [1.29, 1.82) is 0 Å². The van der Waals surface area contributed by atoms with Gasteiger partial charge in [-0.15, -0.1) is 0 Å². The van der Waals surface area contributed by atoms with Crippen molar-refractivity contribution in [2.45, 2.75) is 33.2 Å². The minimum Gasteiger partial charge on any atom is -0.369 e. The number of nitrogens with two attached hydrogens (primary N) is 1. The zero-order chi connectivity index (χ0) is 9.84. The molecule has 0 spiro atoms. The normalized spacial score (nSPS) is 10.3. The van der Waals surface area contributed by atoms with Crippen LogP contribution in [0, 0.1) is 0 Å². The summed E-state index contributed by atoms with van der Waals surface area (Å²) in [7, 11) is 0. The van der Waals surface area contributed by atoms with Crippen molar-refractivity contribution in [3.05, 3.63) is 11.9 Å². The van der Waals surface area contributed by atoms with Crippen LogP contribution in [0.4, 0.5) is 5.95 Å². The second kappa shape index (κ2) is 4.07. The summed E-state index contributed by atoms with van der Waals surface area (Å²) in [6.45, 7) is 4.62. The van der Waals surface area contributed by atoms with E-state index in [9.17, 15) is 4.79 Å². The molecule has 1 heterocycles. The van der Waals surface area contributed by atoms with E-state index in [1.165, 1.54) is 0 Å². The zero-order valence-corrected chi connectivity index (χ0v) is 8.08. The van der Waals surface area contributed by atoms with Crippen LogP contribution in [0.25, 0.3) is 0 Å². The molecule has 0 saturated heterocycles. The van der Waals surface area contributed by atoms with Gasteiger partial charge in [-0.1, -0.05) is 6.92 Å². The molecule has 0 fully saturated rings. The molecule has 0 amide bonds. The predicted octanol–water partition coefficient (Wildman–Crippen LogP) is 1.47. The Kier molecular flexibility index (Phi) is 3.06. The van der Waals surface area contributed by atoms with E-state index < -0.39 is 0 Å². The minimum absolute atomic E-state index is 0.119. The second-order valence-electron chi connectivity index (χ2n) is 2.92. The van der Waals surface area contributed by atoms with Gasteiger partial charge in [0.1, 0.15) is 5.69 Å². The summed E-state index contributed by atoms with van der Waals surface area (Å²) in [5, 5.41) is 0. The van der Waals surface area contributed by atoms with Gasteiger partial charge in [0.15, 0.2) is 5.78 Å². The average molecular weight is 181 g/mol. The summed E-state index contributed by atoms with van der Waals surface area (Å²) in [5.41, 5.74) is 6.21. The molecule has 1 aromatic rings. The molecule has 1 rings (SSSR count). The molecule has 0 aliphatic rings. The first-order valence-electron chi connectivity index (χ1n) is 4.54. The molecule has 0 aromatic carbocycles. The van der Waals surface area contributed by atoms with Crippen LogP contribution >= 0.6 is 0 Å². The van der Waals surface area contributed by atoms with Gasteiger partial charge < -0.3 is 10.3 Å². The molecule has 0 atom stereocenters. The molecule has 1 aromatic heterocycles. The van der Waals surface area contributed by atoms with Crippen molar-refractivity contribution >= 4 is 11.7 Å². The Balaban J connectivity index is 2.93. The number of ketones is 1. The Morgan fingerprint density at radius 3 is 2.85 bits per heavy atom. The molecule has 0 saturated carbocycles. The molecule has 0 aliphatic heterocycles. The van der Waals surface area contributed by atoms with Crippen molar-refractivity contribution in [3.63, 3.8) is 0 Å². The fraction of sp³-hybridized carbons (Fsp3) is 0.556. The molecule has 2 N–H and O–H groups in total. The fourth-order valence-electron chi connectivity index (χ4n) is 1.30. The molecular formula is C9H15N3O. The number of aromatic nitrogens is 2. The molecule has 0 bridgehead atoms. The van der Waals surface area contributed by atoms with E-state index in [2.05, 4.69) is 4.98 Å². The van der Waals surface area contributed by atoms with Gasteiger partial charge >= 0.3 is 0 Å². The maximum absolute atomic E-state index is 11.5. The van der Waals surface area contributed by atoms with Crippen LogP contribution in [-0.4, -0.2) is 15.3 Å². The number of Topliss-reactive ketones (excluding diaryl/α,β-unsaturated/α-hetero) is 1. The lowest BCUT2D eigenvalue weighted by atomic mass is 10.2. The smallest absolute Gasteiger partial charge is 0.200 e. The summed E-state index contributed by atoms with van der Waals surface area (Å²) in [6, 6.07) is 0. The number of anilines is 1. The topological polar surface area (TPSA) is 60.9 Å². The lowest BCUT2D eigenvalue weighted by Crippen LogP contribution is -2.10. The molecule has 0 aliphatic carbocycles. The van der Waals surface area contributed by atoms with Crippen LogP contribution in [0.1, 0.15) is 37.2 Å². The molecule has 0 unspecified atom stereocenters. The number of hydrogen-bond donors (Lipinski definition) is 1. The Bertz CT molecular complexity index is 304. The monoisotopic (exact) mass is 181 g/mol. The Morgan fingerprint density at radius 2 is 2.31 bits per heavy atom. The van der Waals surface area contributed by atoms with Crippen LogP contribution in [0.2, 0.25) is 0 Å². The van der Waals surface area contributed by atoms with Gasteiger partial charge in [0.25, 0.3) is 0 Å². The average Bonchev–Trinajstić information content (AvgIpc) is 2.47. The van der Waals surface area contributed by atoms with Crippen LogP contribution < -0.4 is 5.73 Å². The van der Waals surface area contributed by atoms with Crippen LogP contribution in [0.3, 0.4) is 0 Å². The highest BCUT2D eigenvalue weighted by atomic mass is 16.1. The molecular weight excluding hydrogens is 166 g/mol. The van der Waals surface area contributed by atoms with Crippen molar-refractivity contribution in [2.75, 3.05) is 5.73 Å². The Hall–Kier alpha value is -1.32. The van der Waals surface area contributed by atoms with Crippen LogP contribution in [-0.2, 0) is 6.54 Å². The third-order valence-electron chi connectivity index (χ3n) is 1.97. The standard InChI is InChI=1S/C9H15N3O/c1-3-5-8(13)7-6-11-9(10)12(7)4-2/h6H,3-5H2,1-2H3,(H2,10,11). The third kappa shape index (κ3) is 1.88. The van der Waals surface area contributed by atoms with Gasteiger partial charge in [0, 0.05) is 13.0 Å². The number of imidazole rings is 1. The SMILES string of the molecule is CCCC(=O)c1cnc(N)n1CC. The summed E-state index contributed by atoms with van der Waals surface area (Å²) in [6.07, 6.45) is 2.97. The van der Waals surface area contributed by atoms with Gasteiger partial charge in [-0.25, -0.2) is 4.98 Å². The van der Waals surface area contributed by atoms with Crippen molar-refractivity contribution in [3.8, 4) is 0 Å². The number of carbonyl (C=O) groups excluding carboxylic acids is 1. The molecule has 13 heavy (non-hydrogen) atoms. The summed E-state index contributed by atoms with van der Waals surface area (Å²) < 4.78 is 1.73. The minimum atomic E-state index is 0.119. The molecule has 4 heteroatoms. The maximum atomic E-state index is 11.5.